The van der Waals surface area contributed by atoms with E-state index in [2.05, 4.69) is 19.3 Å². The first-order valence-electron chi connectivity index (χ1n) is 10.1. The molecule has 166 valence electrons. The van der Waals surface area contributed by atoms with Gasteiger partial charge in [-0.15, -0.1) is 4.37 Å². The zero-order valence-electron chi connectivity index (χ0n) is 17.3. The third-order valence-corrected chi connectivity index (χ3v) is 5.13. The fourth-order valence-corrected chi connectivity index (χ4v) is 3.49. The zero-order chi connectivity index (χ0) is 22.0. The van der Waals surface area contributed by atoms with Gasteiger partial charge in [-0.1, -0.05) is 30.3 Å². The number of rotatable bonds is 9. The van der Waals surface area contributed by atoms with Crippen molar-refractivity contribution in [1.82, 2.24) is 14.2 Å². The van der Waals surface area contributed by atoms with Gasteiger partial charge in [0.05, 0.1) is 31.2 Å². The van der Waals surface area contributed by atoms with Crippen LogP contribution in [0.2, 0.25) is 0 Å². The molecule has 10 heteroatoms. The Hall–Kier alpha value is -3.50. The van der Waals surface area contributed by atoms with Crippen molar-refractivity contribution in [3.8, 4) is 11.6 Å². The molecule has 3 aromatic rings. The van der Waals surface area contributed by atoms with E-state index in [0.29, 0.717) is 44.6 Å². The van der Waals surface area contributed by atoms with E-state index in [0.717, 1.165) is 28.6 Å². The van der Waals surface area contributed by atoms with Crippen molar-refractivity contribution < 1.29 is 19.0 Å². The summed E-state index contributed by atoms with van der Waals surface area (Å²) in [4.78, 5) is 14.1. The highest BCUT2D eigenvalue weighted by Crippen LogP contribution is 2.26. The molecule has 2 aromatic carbocycles. The number of hydrazone groups is 1. The average Bonchev–Trinajstić information content (AvgIpc) is 3.32. The van der Waals surface area contributed by atoms with Gasteiger partial charge in [0.2, 0.25) is 5.82 Å². The number of amides is 1. The molecule has 9 nitrogen and oxygen atoms in total. The van der Waals surface area contributed by atoms with Crippen molar-refractivity contribution in [2.75, 3.05) is 37.8 Å². The lowest BCUT2D eigenvalue weighted by molar-refractivity contribution is -0.123. The summed E-state index contributed by atoms with van der Waals surface area (Å²) in [5, 5.41) is 3.97. The third-order valence-electron chi connectivity index (χ3n) is 4.62. The lowest BCUT2D eigenvalue weighted by Gasteiger charge is -2.26. The molecule has 0 radical (unpaired) electrons. The van der Waals surface area contributed by atoms with E-state index in [4.69, 9.17) is 14.2 Å². The number of morpholine rings is 1. The van der Waals surface area contributed by atoms with Gasteiger partial charge in [-0.25, -0.2) is 5.43 Å². The van der Waals surface area contributed by atoms with Crippen LogP contribution in [0.5, 0.6) is 11.6 Å². The Morgan fingerprint density at radius 3 is 2.66 bits per heavy atom. The van der Waals surface area contributed by atoms with E-state index >= 15 is 0 Å². The lowest BCUT2D eigenvalue weighted by atomic mass is 10.2. The summed E-state index contributed by atoms with van der Waals surface area (Å²) in [6.07, 6.45) is 1.56. The quantitative estimate of drug-likeness (QED) is 0.393. The number of nitrogens with one attached hydrogen (secondary N) is 1. The number of aromatic nitrogens is 2. The summed E-state index contributed by atoms with van der Waals surface area (Å²) in [6, 6.07) is 17.4. The second kappa shape index (κ2) is 11.2. The van der Waals surface area contributed by atoms with E-state index < -0.39 is 0 Å². The molecule has 0 unspecified atom stereocenters. The number of benzene rings is 2. The van der Waals surface area contributed by atoms with E-state index in [1.165, 1.54) is 0 Å². The van der Waals surface area contributed by atoms with Gasteiger partial charge < -0.3 is 19.1 Å². The third kappa shape index (κ3) is 6.25. The van der Waals surface area contributed by atoms with Gasteiger partial charge >= 0.3 is 0 Å². The Kier molecular flexibility index (Phi) is 7.61. The molecular weight excluding hydrogens is 430 g/mol. The smallest absolute Gasteiger partial charge is 0.278 e. The van der Waals surface area contributed by atoms with Crippen LogP contribution in [0.15, 0.2) is 59.7 Å². The molecule has 1 aromatic heterocycles. The largest absolute Gasteiger partial charge is 0.489 e. The van der Waals surface area contributed by atoms with Crippen molar-refractivity contribution >= 4 is 29.7 Å². The highest BCUT2D eigenvalue weighted by Gasteiger charge is 2.20. The van der Waals surface area contributed by atoms with E-state index in [-0.39, 0.29) is 12.5 Å². The van der Waals surface area contributed by atoms with E-state index in [1.54, 1.807) is 6.21 Å². The first kappa shape index (κ1) is 21.7. The molecule has 1 aliphatic rings. The minimum atomic E-state index is -0.384. The Morgan fingerprint density at radius 1 is 1.09 bits per heavy atom. The molecule has 0 saturated carbocycles. The van der Waals surface area contributed by atoms with Gasteiger partial charge in [0, 0.05) is 13.1 Å². The lowest BCUT2D eigenvalue weighted by Crippen LogP contribution is -2.36. The molecule has 1 aliphatic heterocycles. The number of nitrogens with zero attached hydrogens (tertiary/aromatic N) is 4. The fraction of sp³-hybridized carbons (Fsp3) is 0.273. The van der Waals surface area contributed by atoms with Crippen LogP contribution >= 0.6 is 11.7 Å². The first-order valence-corrected chi connectivity index (χ1v) is 10.9. The summed E-state index contributed by atoms with van der Waals surface area (Å²) in [7, 11) is 0. The number of hydrogen-bond donors (Lipinski definition) is 1. The van der Waals surface area contributed by atoms with Gasteiger partial charge in [0.15, 0.2) is 6.61 Å². The van der Waals surface area contributed by atoms with Gasteiger partial charge in [-0.2, -0.15) is 9.47 Å². The summed E-state index contributed by atoms with van der Waals surface area (Å²) in [5.74, 6) is 1.37. The average molecular weight is 454 g/mol. The van der Waals surface area contributed by atoms with Crippen molar-refractivity contribution in [1.29, 1.82) is 0 Å². The summed E-state index contributed by atoms with van der Waals surface area (Å²) >= 11 is 1.05. The van der Waals surface area contributed by atoms with E-state index in [1.807, 2.05) is 59.5 Å². The highest BCUT2D eigenvalue weighted by atomic mass is 32.1. The standard InChI is InChI=1S/C22H23N5O4S/c28-20(16-31-22-21(25-32-26-22)27-10-12-29-13-11-27)24-23-14-17-6-8-19(9-7-17)30-15-18-4-2-1-3-5-18/h1-9,14H,10-13,15-16H2,(H,24,28). The summed E-state index contributed by atoms with van der Waals surface area (Å²) < 4.78 is 25.0. The number of carbonyl (C=O) groups excluding carboxylic acids is 1. The first-order chi connectivity index (χ1) is 15.8. The highest BCUT2D eigenvalue weighted by molar-refractivity contribution is 6.99. The van der Waals surface area contributed by atoms with Crippen LogP contribution in [0.25, 0.3) is 0 Å². The van der Waals surface area contributed by atoms with Crippen molar-refractivity contribution in [2.45, 2.75) is 6.61 Å². The second-order valence-corrected chi connectivity index (χ2v) is 7.45. The van der Waals surface area contributed by atoms with Gasteiger partial charge in [-0.3, -0.25) is 4.79 Å². The van der Waals surface area contributed by atoms with Crippen LogP contribution < -0.4 is 19.8 Å². The van der Waals surface area contributed by atoms with Crippen LogP contribution in [-0.4, -0.2) is 53.8 Å². The minimum absolute atomic E-state index is 0.202. The van der Waals surface area contributed by atoms with Gasteiger partial charge in [0.25, 0.3) is 11.8 Å². The molecule has 0 aliphatic carbocycles. The molecule has 1 amide bonds. The number of hydrogen-bond acceptors (Lipinski definition) is 9. The SMILES string of the molecule is O=C(COc1nsnc1N1CCOCC1)NN=Cc1ccc(OCc2ccccc2)cc1. The maximum Gasteiger partial charge on any atom is 0.278 e. The minimum Gasteiger partial charge on any atom is -0.489 e. The topological polar surface area (TPSA) is 98.2 Å². The van der Waals surface area contributed by atoms with Crippen molar-refractivity contribution in [3.05, 3.63) is 65.7 Å². The normalized spacial score (nSPS) is 13.8. The van der Waals surface area contributed by atoms with Crippen LogP contribution in [-0.2, 0) is 16.1 Å². The van der Waals surface area contributed by atoms with Gasteiger partial charge in [0.1, 0.15) is 12.4 Å². The molecular formula is C22H23N5O4S. The van der Waals surface area contributed by atoms with Crippen LogP contribution in [0.4, 0.5) is 5.82 Å². The summed E-state index contributed by atoms with van der Waals surface area (Å²) in [5.41, 5.74) is 4.39. The van der Waals surface area contributed by atoms with Crippen LogP contribution in [0.3, 0.4) is 0 Å². The predicted molar refractivity (Wildman–Crippen MR) is 121 cm³/mol. The van der Waals surface area contributed by atoms with Crippen molar-refractivity contribution in [3.63, 3.8) is 0 Å². The van der Waals surface area contributed by atoms with Crippen LogP contribution in [0.1, 0.15) is 11.1 Å². The number of anilines is 1. The van der Waals surface area contributed by atoms with Crippen molar-refractivity contribution in [2.24, 2.45) is 5.10 Å². The molecule has 1 saturated heterocycles. The Bertz CT molecular complexity index is 1020. The second-order valence-electron chi connectivity index (χ2n) is 6.92. The fourth-order valence-electron chi connectivity index (χ4n) is 2.97. The molecule has 4 rings (SSSR count). The Balaban J connectivity index is 1.20. The Labute approximate surface area is 189 Å². The number of ether oxygens (including phenoxy) is 3. The van der Waals surface area contributed by atoms with E-state index in [9.17, 15) is 4.79 Å². The Morgan fingerprint density at radius 2 is 1.88 bits per heavy atom. The number of carbonyl (C=O) groups is 1. The molecule has 0 atom stereocenters. The zero-order valence-corrected chi connectivity index (χ0v) is 18.2. The maximum absolute atomic E-state index is 12.0. The molecule has 0 spiro atoms. The molecule has 32 heavy (non-hydrogen) atoms. The molecule has 1 fully saturated rings. The summed E-state index contributed by atoms with van der Waals surface area (Å²) in [6.45, 7) is 3.00. The monoisotopic (exact) mass is 453 g/mol. The van der Waals surface area contributed by atoms with Crippen LogP contribution in [0, 0.1) is 0 Å². The predicted octanol–water partition coefficient (Wildman–Crippen LogP) is 2.48. The maximum atomic E-state index is 12.0. The molecule has 2 heterocycles. The van der Waals surface area contributed by atoms with Gasteiger partial charge in [-0.05, 0) is 35.4 Å². The molecule has 1 N–H and O–H groups in total. The molecule has 0 bridgehead atoms.